The molecule has 37 heavy (non-hydrogen) atoms. The van der Waals surface area contributed by atoms with Gasteiger partial charge in [0.1, 0.15) is 5.84 Å². The Balaban J connectivity index is 1.14. The molecule has 1 aliphatic heterocycles. The highest BCUT2D eigenvalue weighted by Gasteiger charge is 2.19. The molecule has 1 N–H and O–H groups in total. The lowest BCUT2D eigenvalue weighted by Gasteiger charge is -2.20. The Bertz CT molecular complexity index is 1580. The third kappa shape index (κ3) is 4.98. The number of pyridine rings is 1. The van der Waals surface area contributed by atoms with Gasteiger partial charge >= 0.3 is 0 Å². The molecule has 180 valence electrons. The molecule has 1 aliphatic rings. The summed E-state index contributed by atoms with van der Waals surface area (Å²) in [5.41, 5.74) is 6.61. The minimum absolute atomic E-state index is 0.134. The smallest absolute Gasteiger partial charge is 0.255 e. The van der Waals surface area contributed by atoms with Crippen molar-refractivity contribution in [2.75, 3.05) is 18.4 Å². The Kier molecular flexibility index (Phi) is 6.17. The van der Waals surface area contributed by atoms with E-state index in [-0.39, 0.29) is 5.91 Å². The summed E-state index contributed by atoms with van der Waals surface area (Å²) in [6.07, 6.45) is 0. The van der Waals surface area contributed by atoms with Gasteiger partial charge in [-0.15, -0.1) is 0 Å². The van der Waals surface area contributed by atoms with E-state index in [1.807, 2.05) is 78.9 Å². The molecule has 1 aromatic heterocycles. The number of amides is 1. The number of nitrogens with one attached hydrogen (secondary N) is 1. The molecule has 4 aromatic carbocycles. The van der Waals surface area contributed by atoms with Crippen molar-refractivity contribution in [2.24, 2.45) is 4.99 Å². The second-order valence-corrected chi connectivity index (χ2v) is 9.10. The topological polar surface area (TPSA) is 57.6 Å². The summed E-state index contributed by atoms with van der Waals surface area (Å²) in [5, 5.41) is 4.00. The van der Waals surface area contributed by atoms with E-state index in [0.717, 1.165) is 57.9 Å². The molecule has 0 aliphatic carbocycles. The molecule has 1 amide bonds. The SMILES string of the molecule is O=C(Nc1ccc2nc(CN3CCN=C3c3ccccc3)ccc2c1)c1ccc(-c2ccccc2)cc1. The van der Waals surface area contributed by atoms with Crippen molar-refractivity contribution in [2.45, 2.75) is 6.54 Å². The maximum absolute atomic E-state index is 12.8. The second-order valence-electron chi connectivity index (χ2n) is 9.10. The lowest BCUT2D eigenvalue weighted by Crippen LogP contribution is -2.28. The number of aliphatic imine (C=N–C) groups is 1. The van der Waals surface area contributed by atoms with Crippen LogP contribution in [0.1, 0.15) is 21.6 Å². The number of hydrogen-bond donors (Lipinski definition) is 1. The van der Waals surface area contributed by atoms with E-state index in [1.165, 1.54) is 0 Å². The third-order valence-electron chi connectivity index (χ3n) is 6.57. The first-order valence-electron chi connectivity index (χ1n) is 12.4. The van der Waals surface area contributed by atoms with Crippen LogP contribution in [0.25, 0.3) is 22.0 Å². The van der Waals surface area contributed by atoms with Crippen LogP contribution >= 0.6 is 0 Å². The van der Waals surface area contributed by atoms with Crippen LogP contribution in [-0.4, -0.2) is 34.7 Å². The Morgan fingerprint density at radius 2 is 1.46 bits per heavy atom. The minimum atomic E-state index is -0.134. The summed E-state index contributed by atoms with van der Waals surface area (Å²) in [6, 6.07) is 38.1. The van der Waals surface area contributed by atoms with Crippen molar-refractivity contribution < 1.29 is 4.79 Å². The van der Waals surface area contributed by atoms with Gasteiger partial charge in [0, 0.05) is 28.7 Å². The number of aromatic nitrogens is 1. The minimum Gasteiger partial charge on any atom is -0.349 e. The average molecular weight is 483 g/mol. The Morgan fingerprint density at radius 3 is 2.22 bits per heavy atom. The Labute approximate surface area is 216 Å². The van der Waals surface area contributed by atoms with E-state index in [1.54, 1.807) is 0 Å². The van der Waals surface area contributed by atoms with E-state index in [2.05, 4.69) is 46.6 Å². The fourth-order valence-electron chi connectivity index (χ4n) is 4.67. The second kappa shape index (κ2) is 10.1. The van der Waals surface area contributed by atoms with Crippen molar-refractivity contribution in [1.82, 2.24) is 9.88 Å². The fourth-order valence-corrected chi connectivity index (χ4v) is 4.67. The van der Waals surface area contributed by atoms with E-state index in [4.69, 9.17) is 9.98 Å². The molecular formula is C32H26N4O. The van der Waals surface area contributed by atoms with Gasteiger partial charge in [0.15, 0.2) is 0 Å². The number of carbonyl (C=O) groups is 1. The number of amidine groups is 1. The molecule has 0 saturated carbocycles. The normalized spacial score (nSPS) is 13.0. The van der Waals surface area contributed by atoms with Crippen LogP contribution in [0.3, 0.4) is 0 Å². The van der Waals surface area contributed by atoms with Gasteiger partial charge in [0.2, 0.25) is 0 Å². The first-order valence-corrected chi connectivity index (χ1v) is 12.4. The number of rotatable bonds is 6. The molecule has 2 heterocycles. The molecule has 0 radical (unpaired) electrons. The zero-order chi connectivity index (χ0) is 25.0. The Hall–Kier alpha value is -4.77. The molecular weight excluding hydrogens is 456 g/mol. The highest BCUT2D eigenvalue weighted by molar-refractivity contribution is 6.05. The van der Waals surface area contributed by atoms with Crippen molar-refractivity contribution in [1.29, 1.82) is 0 Å². The molecule has 0 atom stereocenters. The van der Waals surface area contributed by atoms with Crippen LogP contribution in [-0.2, 0) is 6.54 Å². The maximum Gasteiger partial charge on any atom is 0.255 e. The number of benzene rings is 4. The maximum atomic E-state index is 12.8. The van der Waals surface area contributed by atoms with Crippen LogP contribution in [0.15, 0.2) is 120 Å². The molecule has 0 spiro atoms. The first-order chi connectivity index (χ1) is 18.2. The van der Waals surface area contributed by atoms with Crippen LogP contribution in [0.5, 0.6) is 0 Å². The van der Waals surface area contributed by atoms with Gasteiger partial charge in [0.05, 0.1) is 24.3 Å². The van der Waals surface area contributed by atoms with Crippen molar-refractivity contribution in [3.8, 4) is 11.1 Å². The molecule has 5 heteroatoms. The zero-order valence-electron chi connectivity index (χ0n) is 20.3. The molecule has 0 unspecified atom stereocenters. The van der Waals surface area contributed by atoms with Crippen molar-refractivity contribution >= 4 is 28.3 Å². The van der Waals surface area contributed by atoms with Gasteiger partial charge in [-0.1, -0.05) is 78.9 Å². The van der Waals surface area contributed by atoms with E-state index >= 15 is 0 Å². The number of fused-ring (bicyclic) bond motifs is 1. The van der Waals surface area contributed by atoms with Gasteiger partial charge in [-0.05, 0) is 47.5 Å². The quantitative estimate of drug-likeness (QED) is 0.304. The van der Waals surface area contributed by atoms with Crippen LogP contribution in [0, 0.1) is 0 Å². The van der Waals surface area contributed by atoms with Gasteiger partial charge < -0.3 is 10.2 Å². The molecule has 0 bridgehead atoms. The summed E-state index contributed by atoms with van der Waals surface area (Å²) in [7, 11) is 0. The number of hydrogen-bond acceptors (Lipinski definition) is 4. The van der Waals surface area contributed by atoms with Crippen molar-refractivity contribution in [3.63, 3.8) is 0 Å². The predicted molar refractivity (Wildman–Crippen MR) is 150 cm³/mol. The largest absolute Gasteiger partial charge is 0.349 e. The molecule has 0 fully saturated rings. The van der Waals surface area contributed by atoms with Gasteiger partial charge in [-0.3, -0.25) is 14.8 Å². The highest BCUT2D eigenvalue weighted by atomic mass is 16.1. The lowest BCUT2D eigenvalue weighted by atomic mass is 10.0. The van der Waals surface area contributed by atoms with Gasteiger partial charge in [-0.25, -0.2) is 0 Å². The molecule has 5 nitrogen and oxygen atoms in total. The van der Waals surface area contributed by atoms with Crippen LogP contribution < -0.4 is 5.32 Å². The lowest BCUT2D eigenvalue weighted by molar-refractivity contribution is 0.102. The van der Waals surface area contributed by atoms with Crippen LogP contribution in [0.2, 0.25) is 0 Å². The number of carbonyl (C=O) groups excluding carboxylic acids is 1. The van der Waals surface area contributed by atoms with E-state index < -0.39 is 0 Å². The summed E-state index contributed by atoms with van der Waals surface area (Å²) in [5.74, 6) is 0.891. The van der Waals surface area contributed by atoms with Gasteiger partial charge in [0.25, 0.3) is 5.91 Å². The van der Waals surface area contributed by atoms with Crippen molar-refractivity contribution in [3.05, 3.63) is 132 Å². The summed E-state index contributed by atoms with van der Waals surface area (Å²) >= 11 is 0. The standard InChI is InChI=1S/C32H26N4O/c37-32(26-13-11-24(12-14-26)23-7-3-1-4-8-23)35-28-17-18-30-27(21-28)15-16-29(34-30)22-36-20-19-33-31(36)25-9-5-2-6-10-25/h1-18,21H,19-20,22H2,(H,35,37). The number of nitrogens with zero attached hydrogens (tertiary/aromatic N) is 3. The third-order valence-corrected chi connectivity index (χ3v) is 6.57. The Morgan fingerprint density at radius 1 is 0.757 bits per heavy atom. The van der Waals surface area contributed by atoms with Crippen LogP contribution in [0.4, 0.5) is 5.69 Å². The molecule has 0 saturated heterocycles. The number of anilines is 1. The summed E-state index contributed by atoms with van der Waals surface area (Å²) in [6.45, 7) is 2.40. The zero-order valence-corrected chi connectivity index (χ0v) is 20.3. The van der Waals surface area contributed by atoms with E-state index in [0.29, 0.717) is 12.1 Å². The highest BCUT2D eigenvalue weighted by Crippen LogP contribution is 2.22. The molecule has 6 rings (SSSR count). The monoisotopic (exact) mass is 482 g/mol. The van der Waals surface area contributed by atoms with Gasteiger partial charge in [-0.2, -0.15) is 0 Å². The first kappa shape index (κ1) is 22.7. The summed E-state index contributed by atoms with van der Waals surface area (Å²) < 4.78 is 0. The fraction of sp³-hybridized carbons (Fsp3) is 0.0938. The summed E-state index contributed by atoms with van der Waals surface area (Å²) in [4.78, 5) is 24.7. The average Bonchev–Trinajstić information content (AvgIpc) is 3.42. The predicted octanol–water partition coefficient (Wildman–Crippen LogP) is 6.42. The molecule has 5 aromatic rings. The van der Waals surface area contributed by atoms with E-state index in [9.17, 15) is 4.79 Å².